The molecule has 4 nitrogen and oxygen atoms in total. The SMILES string of the molecule is CN1CC[C@]23c4c5ccc(O)c4OC2C(O)C=CC3C1C5. The van der Waals surface area contributed by atoms with Gasteiger partial charge in [0.2, 0.25) is 0 Å². The molecule has 1 spiro atoms. The van der Waals surface area contributed by atoms with Gasteiger partial charge in [-0.15, -0.1) is 0 Å². The van der Waals surface area contributed by atoms with Gasteiger partial charge in [-0.1, -0.05) is 18.2 Å². The highest BCUT2D eigenvalue weighted by atomic mass is 16.5. The standard InChI is InChI=1S/C17H19NO3/c1-18-7-6-17-10-3-5-13(20)16(17)21-15-12(19)4-2-9(14(15)17)8-11(10)18/h2-5,10-11,13,16,19-20H,6-8H2,1H3/t10?,11?,13?,16?,17-/m0/s1. The first kappa shape index (κ1) is 12.1. The van der Waals surface area contributed by atoms with Crippen molar-refractivity contribution in [3.63, 3.8) is 0 Å². The van der Waals surface area contributed by atoms with Crippen LogP contribution in [0, 0.1) is 5.92 Å². The number of nitrogens with zero attached hydrogens (tertiary/aromatic N) is 1. The molecule has 0 aromatic heterocycles. The minimum Gasteiger partial charge on any atom is -0.504 e. The van der Waals surface area contributed by atoms with E-state index in [1.165, 1.54) is 11.1 Å². The number of aliphatic hydroxyl groups excluding tert-OH is 1. The van der Waals surface area contributed by atoms with Gasteiger partial charge in [-0.25, -0.2) is 0 Å². The molecule has 1 fully saturated rings. The van der Waals surface area contributed by atoms with Crippen molar-refractivity contribution in [1.82, 2.24) is 4.90 Å². The van der Waals surface area contributed by atoms with Crippen LogP contribution < -0.4 is 4.74 Å². The highest BCUT2D eigenvalue weighted by Gasteiger charge is 2.64. The van der Waals surface area contributed by atoms with Gasteiger partial charge in [-0.3, -0.25) is 0 Å². The number of ether oxygens (including phenoxy) is 1. The molecule has 110 valence electrons. The van der Waals surface area contributed by atoms with E-state index < -0.39 is 6.10 Å². The molecular formula is C17H19NO3. The Hall–Kier alpha value is -1.52. The minimum absolute atomic E-state index is 0.160. The number of piperidine rings is 1. The zero-order chi connectivity index (χ0) is 14.4. The van der Waals surface area contributed by atoms with Gasteiger partial charge in [0.05, 0.1) is 0 Å². The molecule has 4 unspecified atom stereocenters. The average Bonchev–Trinajstić information content (AvgIpc) is 2.83. The molecule has 2 bridgehead atoms. The summed E-state index contributed by atoms with van der Waals surface area (Å²) < 4.78 is 6.09. The summed E-state index contributed by atoms with van der Waals surface area (Å²) in [7, 11) is 2.19. The van der Waals surface area contributed by atoms with Crippen molar-refractivity contribution in [1.29, 1.82) is 0 Å². The van der Waals surface area contributed by atoms with Crippen LogP contribution in [0.15, 0.2) is 24.3 Å². The lowest BCUT2D eigenvalue weighted by Crippen LogP contribution is -2.64. The van der Waals surface area contributed by atoms with Crippen LogP contribution in [-0.4, -0.2) is 47.0 Å². The molecule has 2 aliphatic heterocycles. The summed E-state index contributed by atoms with van der Waals surface area (Å²) in [6.45, 7) is 1.01. The van der Waals surface area contributed by atoms with Crippen molar-refractivity contribution < 1.29 is 14.9 Å². The molecule has 0 saturated carbocycles. The quantitative estimate of drug-likeness (QED) is 0.703. The Balaban J connectivity index is 1.84. The summed E-state index contributed by atoms with van der Waals surface area (Å²) in [6, 6.07) is 4.23. The molecule has 4 heteroatoms. The van der Waals surface area contributed by atoms with E-state index in [4.69, 9.17) is 4.74 Å². The molecule has 0 amide bonds. The van der Waals surface area contributed by atoms with E-state index in [0.717, 1.165) is 19.4 Å². The van der Waals surface area contributed by atoms with Gasteiger partial charge in [-0.05, 0) is 38.1 Å². The second-order valence-electron chi connectivity index (χ2n) is 6.93. The van der Waals surface area contributed by atoms with Gasteiger partial charge in [-0.2, -0.15) is 0 Å². The van der Waals surface area contributed by atoms with Crippen LogP contribution in [0.3, 0.4) is 0 Å². The lowest BCUT2D eigenvalue weighted by atomic mass is 9.53. The third kappa shape index (κ3) is 1.21. The van der Waals surface area contributed by atoms with E-state index >= 15 is 0 Å². The molecule has 1 aromatic carbocycles. The van der Waals surface area contributed by atoms with Crippen LogP contribution in [-0.2, 0) is 11.8 Å². The average molecular weight is 285 g/mol. The number of aliphatic hydroxyl groups is 1. The zero-order valence-corrected chi connectivity index (χ0v) is 12.0. The number of aromatic hydroxyl groups is 1. The maximum atomic E-state index is 10.4. The summed E-state index contributed by atoms with van der Waals surface area (Å²) >= 11 is 0. The number of benzene rings is 1. The Kier molecular flexibility index (Phi) is 2.08. The molecule has 2 N–H and O–H groups in total. The third-order valence-corrected chi connectivity index (χ3v) is 6.15. The number of hydrogen-bond acceptors (Lipinski definition) is 4. The molecular weight excluding hydrogens is 266 g/mol. The second-order valence-corrected chi connectivity index (χ2v) is 6.93. The zero-order valence-electron chi connectivity index (χ0n) is 12.0. The van der Waals surface area contributed by atoms with Crippen molar-refractivity contribution in [2.75, 3.05) is 13.6 Å². The largest absolute Gasteiger partial charge is 0.504 e. The summed E-state index contributed by atoms with van der Waals surface area (Å²) in [5.41, 5.74) is 2.29. The van der Waals surface area contributed by atoms with Crippen molar-refractivity contribution in [2.24, 2.45) is 5.92 Å². The number of likely N-dealkylation sites (tertiary alicyclic amines) is 1. The first-order valence-electron chi connectivity index (χ1n) is 7.71. The van der Waals surface area contributed by atoms with Gasteiger partial charge in [0.15, 0.2) is 11.5 Å². The monoisotopic (exact) mass is 285 g/mol. The number of phenols is 1. The normalized spacial score (nSPS) is 42.6. The van der Waals surface area contributed by atoms with Crippen LogP contribution >= 0.6 is 0 Å². The predicted molar refractivity (Wildman–Crippen MR) is 77.6 cm³/mol. The topological polar surface area (TPSA) is 52.9 Å². The maximum Gasteiger partial charge on any atom is 0.165 e. The predicted octanol–water partition coefficient (Wildman–Crippen LogP) is 1.20. The Labute approximate surface area is 123 Å². The fourth-order valence-electron chi connectivity index (χ4n) is 5.24. The number of rotatable bonds is 0. The van der Waals surface area contributed by atoms with Crippen molar-refractivity contribution in [3.8, 4) is 11.5 Å². The first-order chi connectivity index (χ1) is 10.1. The van der Waals surface area contributed by atoms with Crippen LogP contribution in [0.1, 0.15) is 17.5 Å². The molecule has 1 saturated heterocycles. The summed E-state index contributed by atoms with van der Waals surface area (Å²) in [5.74, 6) is 1.19. The summed E-state index contributed by atoms with van der Waals surface area (Å²) in [4.78, 5) is 2.43. The summed E-state index contributed by atoms with van der Waals surface area (Å²) in [5, 5.41) is 20.6. The Morgan fingerprint density at radius 2 is 2.19 bits per heavy atom. The van der Waals surface area contributed by atoms with Gasteiger partial charge < -0.3 is 19.8 Å². The molecule has 2 aliphatic carbocycles. The van der Waals surface area contributed by atoms with E-state index in [-0.39, 0.29) is 17.3 Å². The molecule has 2 heterocycles. The van der Waals surface area contributed by atoms with Gasteiger partial charge in [0.25, 0.3) is 0 Å². The lowest BCUT2D eigenvalue weighted by molar-refractivity contribution is -0.0453. The fourth-order valence-corrected chi connectivity index (χ4v) is 5.24. The van der Waals surface area contributed by atoms with Crippen molar-refractivity contribution in [2.45, 2.75) is 36.5 Å². The van der Waals surface area contributed by atoms with Crippen LogP contribution in [0.4, 0.5) is 0 Å². The van der Waals surface area contributed by atoms with Gasteiger partial charge in [0.1, 0.15) is 12.2 Å². The fraction of sp³-hybridized carbons (Fsp3) is 0.529. The van der Waals surface area contributed by atoms with E-state index in [0.29, 0.717) is 17.7 Å². The number of phenolic OH excluding ortho intramolecular Hbond substituents is 1. The Morgan fingerprint density at radius 1 is 1.33 bits per heavy atom. The number of likely N-dealkylation sites (N-methyl/N-ethyl adjacent to an activating group) is 1. The lowest BCUT2D eigenvalue weighted by Gasteiger charge is -2.56. The van der Waals surface area contributed by atoms with Crippen molar-refractivity contribution >= 4 is 0 Å². The van der Waals surface area contributed by atoms with E-state index in [2.05, 4.69) is 18.0 Å². The Morgan fingerprint density at radius 3 is 3.05 bits per heavy atom. The van der Waals surface area contributed by atoms with Crippen LogP contribution in [0.2, 0.25) is 0 Å². The molecule has 21 heavy (non-hydrogen) atoms. The minimum atomic E-state index is -0.594. The van der Waals surface area contributed by atoms with E-state index in [1.54, 1.807) is 6.07 Å². The molecule has 5 atom stereocenters. The molecule has 0 radical (unpaired) electrons. The molecule has 1 aromatic rings. The van der Waals surface area contributed by atoms with Crippen molar-refractivity contribution in [3.05, 3.63) is 35.4 Å². The highest BCUT2D eigenvalue weighted by molar-refractivity contribution is 5.61. The smallest absolute Gasteiger partial charge is 0.165 e. The highest BCUT2D eigenvalue weighted by Crippen LogP contribution is 2.62. The number of hydrogen-bond donors (Lipinski definition) is 2. The third-order valence-electron chi connectivity index (χ3n) is 6.15. The molecule has 4 aliphatic rings. The molecule has 5 rings (SSSR count). The second kappa shape index (κ2) is 3.62. The Bertz CT molecular complexity index is 670. The van der Waals surface area contributed by atoms with Crippen LogP contribution in [0.5, 0.6) is 11.5 Å². The van der Waals surface area contributed by atoms with Gasteiger partial charge in [0, 0.05) is 22.9 Å². The van der Waals surface area contributed by atoms with E-state index in [1.807, 2.05) is 12.1 Å². The first-order valence-corrected chi connectivity index (χ1v) is 7.71. The van der Waals surface area contributed by atoms with Gasteiger partial charge >= 0.3 is 0 Å². The van der Waals surface area contributed by atoms with E-state index in [9.17, 15) is 10.2 Å². The maximum absolute atomic E-state index is 10.4. The van der Waals surface area contributed by atoms with Crippen LogP contribution in [0.25, 0.3) is 0 Å². The summed E-state index contributed by atoms with van der Waals surface area (Å²) in [6.07, 6.45) is 5.18.